The SMILES string of the molecule is c1ccc(Nc2cccc3c2N=c2cc4c(cc2S3)=Nc2ccccc2S4)cc1. The van der Waals surface area contributed by atoms with Crippen LogP contribution in [0.25, 0.3) is 0 Å². The molecule has 0 bridgehead atoms. The number of anilines is 2. The molecule has 6 rings (SSSR count). The molecule has 29 heavy (non-hydrogen) atoms. The summed E-state index contributed by atoms with van der Waals surface area (Å²) < 4.78 is 0. The topological polar surface area (TPSA) is 36.8 Å². The molecule has 2 aliphatic rings. The Morgan fingerprint density at radius 1 is 0.586 bits per heavy atom. The molecule has 1 N–H and O–H groups in total. The lowest BCUT2D eigenvalue weighted by atomic mass is 10.2. The van der Waals surface area contributed by atoms with Crippen LogP contribution in [0.15, 0.2) is 114 Å². The van der Waals surface area contributed by atoms with Crippen LogP contribution in [0.3, 0.4) is 0 Å². The van der Waals surface area contributed by atoms with Gasteiger partial charge in [0.05, 0.1) is 22.1 Å². The summed E-state index contributed by atoms with van der Waals surface area (Å²) in [7, 11) is 0. The largest absolute Gasteiger partial charge is 0.354 e. The van der Waals surface area contributed by atoms with Gasteiger partial charge in [-0.2, -0.15) is 0 Å². The average molecular weight is 410 g/mol. The molecule has 0 radical (unpaired) electrons. The predicted molar refractivity (Wildman–Crippen MR) is 119 cm³/mol. The van der Waals surface area contributed by atoms with E-state index < -0.39 is 0 Å². The molecular weight excluding hydrogens is 394 g/mol. The Morgan fingerprint density at radius 3 is 2.14 bits per heavy atom. The molecule has 4 aromatic rings. The van der Waals surface area contributed by atoms with Crippen molar-refractivity contribution in [2.24, 2.45) is 9.98 Å². The van der Waals surface area contributed by atoms with Crippen LogP contribution in [0.1, 0.15) is 0 Å². The van der Waals surface area contributed by atoms with Gasteiger partial charge in [0.25, 0.3) is 0 Å². The van der Waals surface area contributed by atoms with Crippen LogP contribution in [0.2, 0.25) is 0 Å². The van der Waals surface area contributed by atoms with E-state index in [1.54, 1.807) is 23.5 Å². The first-order chi connectivity index (χ1) is 14.3. The maximum absolute atomic E-state index is 5.03. The summed E-state index contributed by atoms with van der Waals surface area (Å²) >= 11 is 3.52. The lowest BCUT2D eigenvalue weighted by molar-refractivity contribution is 1.07. The summed E-state index contributed by atoms with van der Waals surface area (Å²) in [5.74, 6) is 0. The molecule has 138 valence electrons. The van der Waals surface area contributed by atoms with E-state index in [1.165, 1.54) is 4.90 Å². The average Bonchev–Trinajstić information content (AvgIpc) is 2.76. The summed E-state index contributed by atoms with van der Waals surface area (Å²) in [6, 6.07) is 29.1. The van der Waals surface area contributed by atoms with Crippen molar-refractivity contribution in [1.82, 2.24) is 0 Å². The predicted octanol–water partition coefficient (Wildman–Crippen LogP) is 6.26. The fraction of sp³-hybridized carbons (Fsp3) is 0. The summed E-state index contributed by atoms with van der Waals surface area (Å²) in [5, 5.41) is 5.54. The highest BCUT2D eigenvalue weighted by atomic mass is 32.2. The Balaban J connectivity index is 1.48. The minimum atomic E-state index is 0.993. The number of nitrogens with one attached hydrogen (secondary N) is 1. The molecule has 5 heteroatoms. The van der Waals surface area contributed by atoms with Gasteiger partial charge >= 0.3 is 0 Å². The van der Waals surface area contributed by atoms with Crippen molar-refractivity contribution in [3.63, 3.8) is 0 Å². The van der Waals surface area contributed by atoms with Gasteiger partial charge in [-0.25, -0.2) is 9.98 Å². The number of rotatable bonds is 2. The highest BCUT2D eigenvalue weighted by molar-refractivity contribution is 8.00. The summed E-state index contributed by atoms with van der Waals surface area (Å²) in [6.07, 6.45) is 0. The van der Waals surface area contributed by atoms with Crippen molar-refractivity contribution in [2.45, 2.75) is 19.6 Å². The number of hydrogen-bond donors (Lipinski definition) is 1. The minimum Gasteiger partial charge on any atom is -0.354 e. The van der Waals surface area contributed by atoms with E-state index in [9.17, 15) is 0 Å². The van der Waals surface area contributed by atoms with Gasteiger partial charge in [-0.1, -0.05) is 59.9 Å². The van der Waals surface area contributed by atoms with Gasteiger partial charge in [0.1, 0.15) is 5.69 Å². The first-order valence-electron chi connectivity index (χ1n) is 9.35. The summed E-state index contributed by atoms with van der Waals surface area (Å²) in [4.78, 5) is 14.5. The quantitative estimate of drug-likeness (QED) is 0.367. The Morgan fingerprint density at radius 2 is 1.28 bits per heavy atom. The zero-order valence-electron chi connectivity index (χ0n) is 15.3. The Bertz CT molecular complexity index is 1380. The lowest BCUT2D eigenvalue weighted by Crippen LogP contribution is -2.18. The molecule has 2 aliphatic heterocycles. The molecule has 0 amide bonds. The fourth-order valence-corrected chi connectivity index (χ4v) is 5.49. The standard InChI is InChI=1S/C24H15N3S2/c1-2-7-15(8-3-1)25-17-10-6-12-21-24(17)27-19-14-22-18(13-23(19)29-21)26-16-9-4-5-11-20(16)28-22/h1-14,25H. The van der Waals surface area contributed by atoms with Crippen molar-refractivity contribution < 1.29 is 0 Å². The van der Waals surface area contributed by atoms with E-state index in [2.05, 4.69) is 66.0 Å². The number of fused-ring (bicyclic) bond motifs is 4. The van der Waals surface area contributed by atoms with Gasteiger partial charge in [0.15, 0.2) is 0 Å². The lowest BCUT2D eigenvalue weighted by Gasteiger charge is -2.18. The monoisotopic (exact) mass is 409 g/mol. The van der Waals surface area contributed by atoms with Crippen LogP contribution in [0, 0.1) is 0 Å². The first kappa shape index (κ1) is 16.9. The second-order valence-corrected chi connectivity index (χ2v) is 8.99. The van der Waals surface area contributed by atoms with Crippen LogP contribution >= 0.6 is 23.5 Å². The molecule has 4 aromatic carbocycles. The molecule has 0 fully saturated rings. The van der Waals surface area contributed by atoms with Crippen molar-refractivity contribution >= 4 is 46.3 Å². The third-order valence-electron chi connectivity index (χ3n) is 4.87. The molecular formula is C24H15N3S2. The maximum atomic E-state index is 5.03. The van der Waals surface area contributed by atoms with Crippen LogP contribution in [-0.4, -0.2) is 0 Å². The Labute approximate surface area is 176 Å². The van der Waals surface area contributed by atoms with Gasteiger partial charge in [0, 0.05) is 25.3 Å². The molecule has 0 spiro atoms. The second-order valence-electron chi connectivity index (χ2n) is 6.83. The van der Waals surface area contributed by atoms with E-state index in [-0.39, 0.29) is 0 Å². The van der Waals surface area contributed by atoms with E-state index in [0.717, 1.165) is 48.2 Å². The number of para-hydroxylation sites is 3. The Kier molecular flexibility index (Phi) is 3.96. The maximum Gasteiger partial charge on any atom is 0.101 e. The van der Waals surface area contributed by atoms with Gasteiger partial charge in [-0.3, -0.25) is 0 Å². The zero-order valence-corrected chi connectivity index (χ0v) is 16.9. The molecule has 0 unspecified atom stereocenters. The van der Waals surface area contributed by atoms with E-state index in [4.69, 9.17) is 9.98 Å². The van der Waals surface area contributed by atoms with Crippen LogP contribution < -0.4 is 16.0 Å². The highest BCUT2D eigenvalue weighted by Gasteiger charge is 2.18. The number of nitrogens with zero attached hydrogens (tertiary/aromatic N) is 2. The third kappa shape index (κ3) is 3.03. The first-order valence-corrected chi connectivity index (χ1v) is 11.0. The zero-order chi connectivity index (χ0) is 19.2. The normalized spacial score (nSPS) is 13.1. The van der Waals surface area contributed by atoms with Crippen LogP contribution in [0.5, 0.6) is 0 Å². The fourth-order valence-electron chi connectivity index (χ4n) is 3.50. The van der Waals surface area contributed by atoms with E-state index >= 15 is 0 Å². The molecule has 3 nitrogen and oxygen atoms in total. The second kappa shape index (κ2) is 6.79. The smallest absolute Gasteiger partial charge is 0.101 e. The molecule has 0 atom stereocenters. The van der Waals surface area contributed by atoms with Crippen molar-refractivity contribution in [1.29, 1.82) is 0 Å². The van der Waals surface area contributed by atoms with Gasteiger partial charge in [-0.05, 0) is 48.5 Å². The van der Waals surface area contributed by atoms with Crippen molar-refractivity contribution in [3.05, 3.63) is 95.6 Å². The Hall–Kier alpha value is -3.02. The number of hydrogen-bond acceptors (Lipinski definition) is 5. The minimum absolute atomic E-state index is 0.993. The highest BCUT2D eigenvalue weighted by Crippen LogP contribution is 2.43. The molecule has 0 saturated heterocycles. The van der Waals surface area contributed by atoms with Crippen molar-refractivity contribution in [3.8, 4) is 0 Å². The summed E-state index contributed by atoms with van der Waals surface area (Å²) in [5.41, 5.74) is 4.11. The number of benzene rings is 4. The van der Waals surface area contributed by atoms with Gasteiger partial charge in [0.2, 0.25) is 0 Å². The molecule has 0 aromatic heterocycles. The van der Waals surface area contributed by atoms with Crippen LogP contribution in [-0.2, 0) is 0 Å². The van der Waals surface area contributed by atoms with Crippen molar-refractivity contribution in [2.75, 3.05) is 5.32 Å². The summed E-state index contributed by atoms with van der Waals surface area (Å²) in [6.45, 7) is 0. The van der Waals surface area contributed by atoms with E-state index in [0.29, 0.717) is 0 Å². The third-order valence-corrected chi connectivity index (χ3v) is 7.08. The van der Waals surface area contributed by atoms with Crippen LogP contribution in [0.4, 0.5) is 22.7 Å². The molecule has 2 heterocycles. The van der Waals surface area contributed by atoms with Gasteiger partial charge < -0.3 is 5.32 Å². The van der Waals surface area contributed by atoms with E-state index in [1.807, 2.05) is 24.3 Å². The molecule has 0 aliphatic carbocycles. The molecule has 0 saturated carbocycles. The van der Waals surface area contributed by atoms with Gasteiger partial charge in [-0.15, -0.1) is 0 Å².